The average Bonchev–Trinajstić information content (AvgIpc) is 3.19. The van der Waals surface area contributed by atoms with E-state index in [4.69, 9.17) is 9.26 Å². The van der Waals surface area contributed by atoms with Gasteiger partial charge in [0.05, 0.1) is 12.0 Å². The van der Waals surface area contributed by atoms with Crippen LogP contribution in [0, 0.1) is 11.7 Å². The second-order valence-corrected chi connectivity index (χ2v) is 9.42. The first-order valence-electron chi connectivity index (χ1n) is 12.1. The lowest BCUT2D eigenvalue weighted by Crippen LogP contribution is -2.86. The molecule has 2 atom stereocenters. The molecule has 0 bridgehead atoms. The Bertz CT molecular complexity index is 999. The SMILES string of the molecule is C=C1CC(OC(=O)C2(c3cccc(F)c3)CCCCCC2)C1CC[NH2+]CC(=O)Nc1ccon1. The Kier molecular flexibility index (Phi) is 7.77. The molecule has 0 spiro atoms. The number of anilines is 1. The maximum atomic E-state index is 14.0. The highest BCUT2D eigenvalue weighted by Crippen LogP contribution is 2.43. The molecule has 2 saturated carbocycles. The summed E-state index contributed by atoms with van der Waals surface area (Å²) in [6.07, 6.45) is 7.98. The fraction of sp³-hybridized carbons (Fsp3) is 0.500. The quantitative estimate of drug-likeness (QED) is 0.253. The molecule has 0 aliphatic heterocycles. The number of amides is 1. The molecule has 2 aliphatic carbocycles. The van der Waals surface area contributed by atoms with E-state index >= 15 is 0 Å². The number of nitrogens with zero attached hydrogens (tertiary/aromatic N) is 1. The Hall–Kier alpha value is -3.00. The first-order chi connectivity index (χ1) is 16.5. The largest absolute Gasteiger partial charge is 0.461 e. The molecule has 2 fully saturated rings. The van der Waals surface area contributed by atoms with Crippen LogP contribution in [0.15, 0.2) is 53.3 Å². The number of esters is 1. The van der Waals surface area contributed by atoms with Crippen LogP contribution in [0.5, 0.6) is 0 Å². The molecule has 1 aromatic carbocycles. The van der Waals surface area contributed by atoms with E-state index in [1.807, 2.05) is 11.4 Å². The van der Waals surface area contributed by atoms with Crippen LogP contribution < -0.4 is 10.6 Å². The molecular formula is C26H33FN3O4+. The molecule has 2 aromatic rings. The van der Waals surface area contributed by atoms with Crippen LogP contribution in [0.2, 0.25) is 0 Å². The van der Waals surface area contributed by atoms with E-state index < -0.39 is 5.41 Å². The van der Waals surface area contributed by atoms with Gasteiger partial charge in [-0.25, -0.2) is 4.39 Å². The van der Waals surface area contributed by atoms with Crippen molar-refractivity contribution in [2.75, 3.05) is 18.4 Å². The van der Waals surface area contributed by atoms with Gasteiger partial charge in [-0.15, -0.1) is 0 Å². The molecule has 4 rings (SSSR count). The van der Waals surface area contributed by atoms with Gasteiger partial charge in [-0.2, -0.15) is 0 Å². The summed E-state index contributed by atoms with van der Waals surface area (Å²) in [7, 11) is 0. The van der Waals surface area contributed by atoms with Crippen molar-refractivity contribution in [2.45, 2.75) is 62.9 Å². The molecule has 3 N–H and O–H groups in total. The fourth-order valence-electron chi connectivity index (χ4n) is 5.15. The van der Waals surface area contributed by atoms with Crippen LogP contribution in [-0.4, -0.2) is 36.2 Å². The highest BCUT2D eigenvalue weighted by molar-refractivity contribution is 5.90. The molecule has 2 unspecified atom stereocenters. The maximum absolute atomic E-state index is 14.0. The van der Waals surface area contributed by atoms with E-state index in [-0.39, 0.29) is 36.3 Å². The zero-order valence-corrected chi connectivity index (χ0v) is 19.4. The third-order valence-electron chi connectivity index (χ3n) is 7.14. The van der Waals surface area contributed by atoms with E-state index in [9.17, 15) is 14.0 Å². The van der Waals surface area contributed by atoms with Gasteiger partial charge in [0.15, 0.2) is 12.4 Å². The molecule has 1 heterocycles. The average molecular weight is 471 g/mol. The first kappa shape index (κ1) is 24.1. The van der Waals surface area contributed by atoms with Crippen LogP contribution in [0.1, 0.15) is 56.9 Å². The number of ether oxygens (including phenoxy) is 1. The highest BCUT2D eigenvalue weighted by Gasteiger charge is 2.46. The first-order valence-corrected chi connectivity index (χ1v) is 12.1. The zero-order valence-electron chi connectivity index (χ0n) is 19.4. The van der Waals surface area contributed by atoms with Gasteiger partial charge in [0.2, 0.25) is 0 Å². The number of quaternary nitrogens is 1. The highest BCUT2D eigenvalue weighted by atomic mass is 19.1. The van der Waals surface area contributed by atoms with Gasteiger partial charge < -0.3 is 19.9 Å². The number of hydrogen-bond acceptors (Lipinski definition) is 5. The van der Waals surface area contributed by atoms with Crippen molar-refractivity contribution < 1.29 is 28.6 Å². The van der Waals surface area contributed by atoms with Gasteiger partial charge in [0.1, 0.15) is 18.2 Å². The molecule has 182 valence electrons. The second-order valence-electron chi connectivity index (χ2n) is 9.42. The van der Waals surface area contributed by atoms with E-state index in [1.165, 1.54) is 18.4 Å². The summed E-state index contributed by atoms with van der Waals surface area (Å²) in [4.78, 5) is 25.5. The number of carbonyl (C=O) groups is 2. The Morgan fingerprint density at radius 1 is 1.24 bits per heavy atom. The van der Waals surface area contributed by atoms with E-state index in [0.29, 0.717) is 31.6 Å². The van der Waals surface area contributed by atoms with Crippen molar-refractivity contribution in [3.63, 3.8) is 0 Å². The summed E-state index contributed by atoms with van der Waals surface area (Å²) >= 11 is 0. The summed E-state index contributed by atoms with van der Waals surface area (Å²) in [5.41, 5.74) is 1.00. The van der Waals surface area contributed by atoms with Gasteiger partial charge in [-0.3, -0.25) is 9.59 Å². The number of carbonyl (C=O) groups excluding carboxylic acids is 2. The predicted octanol–water partition coefficient (Wildman–Crippen LogP) is 3.49. The minimum absolute atomic E-state index is 0.0779. The molecule has 7 nitrogen and oxygen atoms in total. The summed E-state index contributed by atoms with van der Waals surface area (Å²) < 4.78 is 24.8. The van der Waals surface area contributed by atoms with Crippen molar-refractivity contribution in [3.05, 3.63) is 60.1 Å². The number of rotatable bonds is 9. The molecule has 2 aliphatic rings. The van der Waals surface area contributed by atoms with Crippen molar-refractivity contribution in [2.24, 2.45) is 5.92 Å². The van der Waals surface area contributed by atoms with Crippen LogP contribution in [0.3, 0.4) is 0 Å². The van der Waals surface area contributed by atoms with E-state index in [1.54, 1.807) is 12.1 Å². The normalized spacial score (nSPS) is 21.9. The third kappa shape index (κ3) is 5.55. The Balaban J connectivity index is 1.32. The summed E-state index contributed by atoms with van der Waals surface area (Å²) in [6, 6.07) is 8.01. The smallest absolute Gasteiger partial charge is 0.316 e. The van der Waals surface area contributed by atoms with Gasteiger partial charge in [0.25, 0.3) is 5.91 Å². The lowest BCUT2D eigenvalue weighted by Gasteiger charge is -2.41. The summed E-state index contributed by atoms with van der Waals surface area (Å²) in [5.74, 6) is -0.252. The van der Waals surface area contributed by atoms with Gasteiger partial charge in [0, 0.05) is 24.8 Å². The lowest BCUT2D eigenvalue weighted by molar-refractivity contribution is -0.644. The number of benzene rings is 1. The maximum Gasteiger partial charge on any atom is 0.316 e. The van der Waals surface area contributed by atoms with Gasteiger partial charge in [-0.05, 0) is 30.5 Å². The summed E-state index contributed by atoms with van der Waals surface area (Å²) in [5, 5.41) is 8.23. The van der Waals surface area contributed by atoms with E-state index in [2.05, 4.69) is 17.1 Å². The minimum Gasteiger partial charge on any atom is -0.461 e. The number of hydrogen-bond donors (Lipinski definition) is 2. The van der Waals surface area contributed by atoms with Crippen LogP contribution in [0.4, 0.5) is 10.2 Å². The molecule has 0 saturated heterocycles. The number of nitrogens with two attached hydrogens (primary N) is 1. The number of halogens is 1. The fourth-order valence-corrected chi connectivity index (χ4v) is 5.15. The van der Waals surface area contributed by atoms with Gasteiger partial charge in [-0.1, -0.05) is 55.1 Å². The van der Waals surface area contributed by atoms with Gasteiger partial charge >= 0.3 is 5.97 Å². The summed E-state index contributed by atoms with van der Waals surface area (Å²) in [6.45, 7) is 5.10. The molecule has 1 aromatic heterocycles. The topological polar surface area (TPSA) is 98.0 Å². The molecule has 8 heteroatoms. The van der Waals surface area contributed by atoms with Crippen LogP contribution in [-0.2, 0) is 19.7 Å². The van der Waals surface area contributed by atoms with Crippen molar-refractivity contribution in [1.29, 1.82) is 0 Å². The van der Waals surface area contributed by atoms with Crippen LogP contribution in [0.25, 0.3) is 0 Å². The van der Waals surface area contributed by atoms with Crippen molar-refractivity contribution in [1.82, 2.24) is 5.16 Å². The number of nitrogens with one attached hydrogen (secondary N) is 1. The molecule has 0 radical (unpaired) electrons. The lowest BCUT2D eigenvalue weighted by atomic mass is 9.72. The predicted molar refractivity (Wildman–Crippen MR) is 124 cm³/mol. The molecule has 34 heavy (non-hydrogen) atoms. The second kappa shape index (κ2) is 11.0. The standard InChI is InChI=1S/C26H32FN3O4/c1-18-15-22(21(18)9-13-28-17-24(31)29-23-10-14-33-30-23)34-25(32)26(11-4-2-3-5-12-26)19-7-6-8-20(27)16-19/h6-8,10,14,16,21-22,28H,1-5,9,11-13,15,17H2,(H,29,30,31)/p+1. The zero-order chi connectivity index (χ0) is 24.0. The Morgan fingerprint density at radius 2 is 2.03 bits per heavy atom. The molecule has 1 amide bonds. The van der Waals surface area contributed by atoms with Crippen molar-refractivity contribution >= 4 is 17.7 Å². The van der Waals surface area contributed by atoms with E-state index in [0.717, 1.165) is 43.2 Å². The van der Waals surface area contributed by atoms with Crippen molar-refractivity contribution in [3.8, 4) is 0 Å². The third-order valence-corrected chi connectivity index (χ3v) is 7.14. The van der Waals surface area contributed by atoms with Crippen LogP contribution >= 0.6 is 0 Å². The Labute approximate surface area is 199 Å². The monoisotopic (exact) mass is 470 g/mol. The minimum atomic E-state index is -0.786. The number of aromatic nitrogens is 1. The Morgan fingerprint density at radius 3 is 2.71 bits per heavy atom. The molecular weight excluding hydrogens is 437 g/mol.